The third-order valence-corrected chi connectivity index (χ3v) is 3.90. The van der Waals surface area contributed by atoms with Gasteiger partial charge in [-0.25, -0.2) is 0 Å². The molecule has 22 heavy (non-hydrogen) atoms. The van der Waals surface area contributed by atoms with E-state index in [2.05, 4.69) is 5.32 Å². The number of alkyl halides is 3. The van der Waals surface area contributed by atoms with Gasteiger partial charge in [0, 0.05) is 6.54 Å². The van der Waals surface area contributed by atoms with Gasteiger partial charge in [0.2, 0.25) is 5.91 Å². The molecule has 0 aliphatic carbocycles. The van der Waals surface area contributed by atoms with Crippen molar-refractivity contribution in [2.45, 2.75) is 25.1 Å². The van der Waals surface area contributed by atoms with Crippen LogP contribution in [0.15, 0.2) is 18.2 Å². The number of rotatable bonds is 2. The van der Waals surface area contributed by atoms with Crippen molar-refractivity contribution >= 4 is 40.7 Å². The highest BCUT2D eigenvalue weighted by molar-refractivity contribution is 6.39. The first-order chi connectivity index (χ1) is 10.2. The van der Waals surface area contributed by atoms with Gasteiger partial charge in [-0.05, 0) is 25.0 Å². The Labute approximate surface area is 134 Å². The molecule has 120 valence electrons. The number of anilines is 1. The van der Waals surface area contributed by atoms with Gasteiger partial charge >= 0.3 is 12.1 Å². The predicted molar refractivity (Wildman–Crippen MR) is 75.9 cm³/mol. The first-order valence-electron chi connectivity index (χ1n) is 6.34. The molecule has 0 aromatic heterocycles. The van der Waals surface area contributed by atoms with Crippen LogP contribution < -0.4 is 5.32 Å². The Kier molecular flexibility index (Phi) is 4.87. The zero-order valence-corrected chi connectivity index (χ0v) is 12.6. The van der Waals surface area contributed by atoms with Crippen LogP contribution in [0.3, 0.4) is 0 Å². The summed E-state index contributed by atoms with van der Waals surface area (Å²) >= 11 is 11.8. The number of hydrogen-bond donors (Lipinski definition) is 1. The molecule has 2 amide bonds. The lowest BCUT2D eigenvalue weighted by molar-refractivity contribution is -0.186. The number of nitrogens with one attached hydrogen (secondary N) is 1. The van der Waals surface area contributed by atoms with E-state index < -0.39 is 24.0 Å². The van der Waals surface area contributed by atoms with Crippen LogP contribution in [0.5, 0.6) is 0 Å². The maximum Gasteiger partial charge on any atom is 0.471 e. The first kappa shape index (κ1) is 16.9. The van der Waals surface area contributed by atoms with Gasteiger partial charge < -0.3 is 10.2 Å². The average molecular weight is 355 g/mol. The predicted octanol–water partition coefficient (Wildman–Crippen LogP) is 3.49. The van der Waals surface area contributed by atoms with Crippen LogP contribution in [0.1, 0.15) is 12.8 Å². The summed E-state index contributed by atoms with van der Waals surface area (Å²) in [5.41, 5.74) is 0.113. The second-order valence-corrected chi connectivity index (χ2v) is 5.55. The van der Waals surface area contributed by atoms with Crippen LogP contribution >= 0.6 is 23.2 Å². The lowest BCUT2D eigenvalue weighted by Crippen LogP contribution is -2.48. The van der Waals surface area contributed by atoms with Crippen LogP contribution in [0.4, 0.5) is 18.9 Å². The van der Waals surface area contributed by atoms with Crippen LogP contribution in [-0.4, -0.2) is 35.5 Å². The van der Waals surface area contributed by atoms with Crippen molar-refractivity contribution in [3.05, 3.63) is 28.2 Å². The molecule has 1 aromatic rings. The highest BCUT2D eigenvalue weighted by Crippen LogP contribution is 2.31. The van der Waals surface area contributed by atoms with E-state index >= 15 is 0 Å². The lowest BCUT2D eigenvalue weighted by atomic mass is 10.2. The molecule has 0 saturated carbocycles. The van der Waals surface area contributed by atoms with Crippen molar-refractivity contribution in [3.8, 4) is 0 Å². The van der Waals surface area contributed by atoms with Crippen molar-refractivity contribution < 1.29 is 22.8 Å². The van der Waals surface area contributed by atoms with Crippen LogP contribution in [0.25, 0.3) is 0 Å². The summed E-state index contributed by atoms with van der Waals surface area (Å²) in [4.78, 5) is 24.0. The molecule has 1 heterocycles. The van der Waals surface area contributed by atoms with E-state index in [1.54, 1.807) is 6.07 Å². The zero-order valence-electron chi connectivity index (χ0n) is 11.1. The van der Waals surface area contributed by atoms with Crippen molar-refractivity contribution in [2.24, 2.45) is 0 Å². The van der Waals surface area contributed by atoms with E-state index in [1.807, 2.05) is 0 Å². The van der Waals surface area contributed by atoms with E-state index in [0.29, 0.717) is 11.3 Å². The summed E-state index contributed by atoms with van der Waals surface area (Å²) < 4.78 is 37.6. The molecule has 1 N–H and O–H groups in total. The number of amides is 2. The number of para-hydroxylation sites is 1. The van der Waals surface area contributed by atoms with Gasteiger partial charge in [0.15, 0.2) is 0 Å². The standard InChI is InChI=1S/C13H11Cl2F3N2O2/c14-7-3-1-4-8(15)10(7)19-11(21)9-5-2-6-20(9)12(22)13(16,17)18/h1,3-4,9H,2,5-6H2,(H,19,21). The Hall–Kier alpha value is -1.47. The fourth-order valence-corrected chi connectivity index (χ4v) is 2.76. The molecule has 0 radical (unpaired) electrons. The molecule has 1 fully saturated rings. The van der Waals surface area contributed by atoms with Gasteiger partial charge in [-0.2, -0.15) is 13.2 Å². The maximum absolute atomic E-state index is 12.5. The van der Waals surface area contributed by atoms with E-state index in [9.17, 15) is 22.8 Å². The van der Waals surface area contributed by atoms with Crippen LogP contribution in [0.2, 0.25) is 10.0 Å². The Bertz CT molecular complexity index is 587. The molecule has 1 unspecified atom stereocenters. The van der Waals surface area contributed by atoms with Crippen molar-refractivity contribution in [3.63, 3.8) is 0 Å². The normalized spacial score (nSPS) is 18.4. The molecule has 0 bridgehead atoms. The van der Waals surface area contributed by atoms with Gasteiger partial charge in [0.05, 0.1) is 15.7 Å². The highest BCUT2D eigenvalue weighted by Gasteiger charge is 2.47. The lowest BCUT2D eigenvalue weighted by Gasteiger charge is -2.25. The number of carbonyl (C=O) groups excluding carboxylic acids is 2. The molecule has 9 heteroatoms. The monoisotopic (exact) mass is 354 g/mol. The van der Waals surface area contributed by atoms with Crippen LogP contribution in [0, 0.1) is 0 Å². The molecule has 1 aliphatic heterocycles. The number of hydrogen-bond acceptors (Lipinski definition) is 2. The van der Waals surface area contributed by atoms with Crippen molar-refractivity contribution in [2.75, 3.05) is 11.9 Å². The molecule has 1 aliphatic rings. The van der Waals surface area contributed by atoms with Gasteiger partial charge in [-0.3, -0.25) is 9.59 Å². The minimum absolute atomic E-state index is 0.113. The summed E-state index contributed by atoms with van der Waals surface area (Å²) in [6.45, 7) is -0.118. The molecule has 4 nitrogen and oxygen atoms in total. The summed E-state index contributed by atoms with van der Waals surface area (Å²) in [6, 6.07) is 3.34. The van der Waals surface area contributed by atoms with Gasteiger partial charge in [-0.1, -0.05) is 29.3 Å². The number of likely N-dealkylation sites (tertiary alicyclic amines) is 1. The molecule has 1 atom stereocenters. The molecule has 2 rings (SSSR count). The molecular formula is C13H11Cl2F3N2O2. The second-order valence-electron chi connectivity index (χ2n) is 4.74. The molecule has 1 saturated heterocycles. The van der Waals surface area contributed by atoms with Crippen molar-refractivity contribution in [1.82, 2.24) is 4.90 Å². The summed E-state index contributed by atoms with van der Waals surface area (Å²) in [7, 11) is 0. The first-order valence-corrected chi connectivity index (χ1v) is 7.10. The minimum atomic E-state index is -5.01. The van der Waals surface area contributed by atoms with Gasteiger partial charge in [0.25, 0.3) is 0 Å². The van der Waals surface area contributed by atoms with E-state index in [4.69, 9.17) is 23.2 Å². The Morgan fingerprint density at radius 3 is 2.36 bits per heavy atom. The topological polar surface area (TPSA) is 49.4 Å². The van der Waals surface area contributed by atoms with E-state index in [1.165, 1.54) is 12.1 Å². The largest absolute Gasteiger partial charge is 0.471 e. The quantitative estimate of drug-likeness (QED) is 0.883. The Morgan fingerprint density at radius 2 is 1.82 bits per heavy atom. The highest BCUT2D eigenvalue weighted by atomic mass is 35.5. The summed E-state index contributed by atoms with van der Waals surface area (Å²) in [6.07, 6.45) is -4.54. The average Bonchev–Trinajstić information content (AvgIpc) is 2.90. The Morgan fingerprint density at radius 1 is 1.23 bits per heavy atom. The fourth-order valence-electron chi connectivity index (χ4n) is 2.27. The minimum Gasteiger partial charge on any atom is -0.323 e. The fraction of sp³-hybridized carbons (Fsp3) is 0.385. The summed E-state index contributed by atoms with van der Waals surface area (Å²) in [5, 5.41) is 2.71. The number of nitrogens with zero attached hydrogens (tertiary/aromatic N) is 1. The molecular weight excluding hydrogens is 344 g/mol. The number of halogens is 5. The second kappa shape index (κ2) is 6.34. The number of carbonyl (C=O) groups is 2. The van der Waals surface area contributed by atoms with E-state index in [-0.39, 0.29) is 28.7 Å². The van der Waals surface area contributed by atoms with E-state index in [0.717, 1.165) is 0 Å². The summed E-state index contributed by atoms with van der Waals surface area (Å²) in [5.74, 6) is -2.76. The van der Waals surface area contributed by atoms with Gasteiger partial charge in [0.1, 0.15) is 6.04 Å². The van der Waals surface area contributed by atoms with Crippen LogP contribution in [-0.2, 0) is 9.59 Å². The third kappa shape index (κ3) is 3.47. The van der Waals surface area contributed by atoms with Crippen molar-refractivity contribution in [1.29, 1.82) is 0 Å². The maximum atomic E-state index is 12.5. The molecule has 1 aromatic carbocycles. The smallest absolute Gasteiger partial charge is 0.323 e. The Balaban J connectivity index is 2.17. The molecule has 0 spiro atoms. The zero-order chi connectivity index (χ0) is 16.5. The number of benzene rings is 1. The van der Waals surface area contributed by atoms with Gasteiger partial charge in [-0.15, -0.1) is 0 Å². The third-order valence-electron chi connectivity index (χ3n) is 3.27. The SMILES string of the molecule is O=C(Nc1c(Cl)cccc1Cl)C1CCCN1C(=O)C(F)(F)F.